The Morgan fingerprint density at radius 3 is 2.62 bits per heavy atom. The third kappa shape index (κ3) is 2.96. The minimum atomic E-state index is -0.194. The van der Waals surface area contributed by atoms with Crippen molar-refractivity contribution in [2.75, 3.05) is 0 Å². The van der Waals surface area contributed by atoms with Gasteiger partial charge in [-0.05, 0) is 19.4 Å². The van der Waals surface area contributed by atoms with Gasteiger partial charge in [0.15, 0.2) is 0 Å². The maximum absolute atomic E-state index is 11.6. The largest absolute Gasteiger partial charge is 0.425 e. The molecule has 0 N–H and O–H groups in total. The Morgan fingerprint density at radius 1 is 1.38 bits per heavy atom. The number of hydrogen-bond acceptors (Lipinski definition) is 2. The second kappa shape index (κ2) is 5.50. The molecular formula is C14H18O2. The van der Waals surface area contributed by atoms with E-state index in [1.54, 1.807) is 0 Å². The van der Waals surface area contributed by atoms with E-state index >= 15 is 0 Å². The summed E-state index contributed by atoms with van der Waals surface area (Å²) in [7, 11) is 0. The minimum Gasteiger partial charge on any atom is -0.425 e. The highest BCUT2D eigenvalue weighted by atomic mass is 16.5. The molecule has 2 nitrogen and oxygen atoms in total. The quantitative estimate of drug-likeness (QED) is 0.572. The lowest BCUT2D eigenvalue weighted by molar-refractivity contribution is -0.137. The molecule has 0 heterocycles. The number of rotatable bonds is 3. The summed E-state index contributed by atoms with van der Waals surface area (Å²) in [5.41, 5.74) is 1.92. The second-order valence-electron chi connectivity index (χ2n) is 4.07. The Hall–Kier alpha value is -1.57. The minimum absolute atomic E-state index is 0.113. The Bertz CT molecular complexity index is 403. The summed E-state index contributed by atoms with van der Waals surface area (Å²) in [4.78, 5) is 11.6. The maximum Gasteiger partial charge on any atom is 0.313 e. The van der Waals surface area contributed by atoms with E-state index in [1.165, 1.54) is 0 Å². The number of carbonyl (C=O) groups excluding carboxylic acids is 1. The normalized spacial score (nSPS) is 11.1. The van der Waals surface area contributed by atoms with Crippen molar-refractivity contribution in [3.63, 3.8) is 0 Å². The number of aryl methyl sites for hydroxylation is 1. The summed E-state index contributed by atoms with van der Waals surface area (Å²) < 4.78 is 5.40. The Labute approximate surface area is 96.9 Å². The molecule has 2 heteroatoms. The maximum atomic E-state index is 11.6. The summed E-state index contributed by atoms with van der Waals surface area (Å²) in [5, 5.41) is 0. The number of para-hydroxylation sites is 1. The fourth-order valence-electron chi connectivity index (χ4n) is 1.34. The van der Waals surface area contributed by atoms with E-state index in [-0.39, 0.29) is 11.9 Å². The number of ether oxygens (including phenoxy) is 1. The molecule has 0 saturated carbocycles. The van der Waals surface area contributed by atoms with Crippen molar-refractivity contribution in [1.29, 1.82) is 0 Å². The van der Waals surface area contributed by atoms with Crippen LogP contribution in [-0.4, -0.2) is 5.97 Å². The van der Waals surface area contributed by atoms with Gasteiger partial charge in [0, 0.05) is 5.56 Å². The van der Waals surface area contributed by atoms with Crippen molar-refractivity contribution in [1.82, 2.24) is 0 Å². The van der Waals surface area contributed by atoms with Gasteiger partial charge in [0.25, 0.3) is 0 Å². The summed E-state index contributed by atoms with van der Waals surface area (Å²) >= 11 is 0. The molecule has 0 atom stereocenters. The van der Waals surface area contributed by atoms with Gasteiger partial charge in [0.05, 0.1) is 5.92 Å². The topological polar surface area (TPSA) is 26.3 Å². The van der Waals surface area contributed by atoms with E-state index < -0.39 is 0 Å². The monoisotopic (exact) mass is 218 g/mol. The van der Waals surface area contributed by atoms with Crippen LogP contribution in [0.5, 0.6) is 5.75 Å². The SMILES string of the molecule is C/C=C/c1cccc(C)c1OC(=O)C(C)C. The van der Waals surface area contributed by atoms with Gasteiger partial charge in [-0.3, -0.25) is 4.79 Å². The average Bonchev–Trinajstić information content (AvgIpc) is 2.23. The van der Waals surface area contributed by atoms with Gasteiger partial charge in [-0.15, -0.1) is 0 Å². The Morgan fingerprint density at radius 2 is 2.06 bits per heavy atom. The number of allylic oxidation sites excluding steroid dienone is 1. The molecule has 0 radical (unpaired) electrons. The van der Waals surface area contributed by atoms with Crippen LogP contribution in [0, 0.1) is 12.8 Å². The standard InChI is InChI=1S/C14H18O2/c1-5-7-12-9-6-8-11(4)13(12)16-14(15)10(2)3/h5-10H,1-4H3/b7-5+. The van der Waals surface area contributed by atoms with Crippen molar-refractivity contribution in [3.8, 4) is 5.75 Å². The van der Waals surface area contributed by atoms with E-state index in [4.69, 9.17) is 4.74 Å². The molecule has 0 aromatic heterocycles. The van der Waals surface area contributed by atoms with Gasteiger partial charge in [0.1, 0.15) is 5.75 Å². The van der Waals surface area contributed by atoms with Crippen LogP contribution in [0.2, 0.25) is 0 Å². The van der Waals surface area contributed by atoms with Gasteiger partial charge >= 0.3 is 5.97 Å². The highest BCUT2D eigenvalue weighted by Gasteiger charge is 2.13. The lowest BCUT2D eigenvalue weighted by Crippen LogP contribution is -2.15. The van der Waals surface area contributed by atoms with Crippen molar-refractivity contribution in [2.45, 2.75) is 27.7 Å². The number of carbonyl (C=O) groups is 1. The molecule has 1 rings (SSSR count). The lowest BCUT2D eigenvalue weighted by Gasteiger charge is -2.11. The van der Waals surface area contributed by atoms with Crippen LogP contribution < -0.4 is 4.74 Å². The third-order valence-electron chi connectivity index (χ3n) is 2.26. The molecule has 0 fully saturated rings. The molecule has 86 valence electrons. The fourth-order valence-corrected chi connectivity index (χ4v) is 1.34. The summed E-state index contributed by atoms with van der Waals surface area (Å²) in [6.45, 7) is 7.54. The predicted molar refractivity (Wildman–Crippen MR) is 66.4 cm³/mol. The van der Waals surface area contributed by atoms with Crippen LogP contribution in [-0.2, 0) is 4.79 Å². The van der Waals surface area contributed by atoms with Crippen molar-refractivity contribution >= 4 is 12.0 Å². The van der Waals surface area contributed by atoms with E-state index in [0.717, 1.165) is 11.1 Å². The zero-order valence-corrected chi connectivity index (χ0v) is 10.3. The molecule has 0 saturated heterocycles. The van der Waals surface area contributed by atoms with E-state index in [0.29, 0.717) is 5.75 Å². The van der Waals surface area contributed by atoms with E-state index in [9.17, 15) is 4.79 Å². The summed E-state index contributed by atoms with van der Waals surface area (Å²) in [6, 6.07) is 5.84. The first-order valence-electron chi connectivity index (χ1n) is 5.50. The van der Waals surface area contributed by atoms with Gasteiger partial charge in [-0.2, -0.15) is 0 Å². The predicted octanol–water partition coefficient (Wildman–Crippen LogP) is 3.59. The molecule has 0 bridgehead atoms. The summed E-state index contributed by atoms with van der Waals surface area (Å²) in [6.07, 6.45) is 3.87. The third-order valence-corrected chi connectivity index (χ3v) is 2.26. The molecule has 1 aromatic carbocycles. The molecule has 0 spiro atoms. The zero-order valence-electron chi connectivity index (χ0n) is 10.3. The van der Waals surface area contributed by atoms with Crippen LogP contribution in [0.15, 0.2) is 24.3 Å². The average molecular weight is 218 g/mol. The van der Waals surface area contributed by atoms with Crippen molar-refractivity contribution in [3.05, 3.63) is 35.4 Å². The van der Waals surface area contributed by atoms with Crippen LogP contribution in [0.25, 0.3) is 6.08 Å². The van der Waals surface area contributed by atoms with Gasteiger partial charge in [-0.1, -0.05) is 44.2 Å². The molecule has 16 heavy (non-hydrogen) atoms. The number of benzene rings is 1. The van der Waals surface area contributed by atoms with Crippen LogP contribution >= 0.6 is 0 Å². The summed E-state index contributed by atoms with van der Waals surface area (Å²) in [5.74, 6) is 0.359. The first-order chi connectivity index (χ1) is 7.56. The highest BCUT2D eigenvalue weighted by molar-refractivity contribution is 5.76. The molecular weight excluding hydrogens is 200 g/mol. The van der Waals surface area contributed by atoms with Crippen LogP contribution in [0.4, 0.5) is 0 Å². The highest BCUT2D eigenvalue weighted by Crippen LogP contribution is 2.25. The Balaban J connectivity index is 3.06. The Kier molecular flexibility index (Phi) is 4.29. The number of hydrogen-bond donors (Lipinski definition) is 0. The van der Waals surface area contributed by atoms with Gasteiger partial charge in [-0.25, -0.2) is 0 Å². The zero-order chi connectivity index (χ0) is 12.1. The smallest absolute Gasteiger partial charge is 0.313 e. The first kappa shape index (κ1) is 12.5. The molecule has 0 aliphatic rings. The second-order valence-corrected chi connectivity index (χ2v) is 4.07. The van der Waals surface area contributed by atoms with E-state index in [2.05, 4.69) is 0 Å². The van der Waals surface area contributed by atoms with Crippen molar-refractivity contribution in [2.24, 2.45) is 5.92 Å². The van der Waals surface area contributed by atoms with Crippen molar-refractivity contribution < 1.29 is 9.53 Å². The number of esters is 1. The molecule has 0 unspecified atom stereocenters. The molecule has 0 aliphatic carbocycles. The van der Waals surface area contributed by atoms with Crippen LogP contribution in [0.3, 0.4) is 0 Å². The molecule has 1 aromatic rings. The van der Waals surface area contributed by atoms with Gasteiger partial charge in [0.2, 0.25) is 0 Å². The molecule has 0 aliphatic heterocycles. The first-order valence-corrected chi connectivity index (χ1v) is 5.50. The van der Waals surface area contributed by atoms with Crippen LogP contribution in [0.1, 0.15) is 31.9 Å². The molecule has 0 amide bonds. The fraction of sp³-hybridized carbons (Fsp3) is 0.357. The van der Waals surface area contributed by atoms with E-state index in [1.807, 2.05) is 58.0 Å². The van der Waals surface area contributed by atoms with Gasteiger partial charge < -0.3 is 4.74 Å². The lowest BCUT2D eigenvalue weighted by atomic mass is 10.1.